The highest BCUT2D eigenvalue weighted by Crippen LogP contribution is 2.15. The third-order valence-electron chi connectivity index (χ3n) is 3.23. The van der Waals surface area contributed by atoms with E-state index >= 15 is 0 Å². The first kappa shape index (κ1) is 16.6. The monoisotopic (exact) mass is 363 g/mol. The Bertz CT molecular complexity index is 928. The third-order valence-corrected chi connectivity index (χ3v) is 4.93. The van der Waals surface area contributed by atoms with Gasteiger partial charge in [0.15, 0.2) is 11.6 Å². The highest BCUT2D eigenvalue weighted by Gasteiger charge is 2.14. The van der Waals surface area contributed by atoms with E-state index in [1.807, 2.05) is 0 Å². The van der Waals surface area contributed by atoms with Gasteiger partial charge in [-0.15, -0.1) is 0 Å². The van der Waals surface area contributed by atoms with Gasteiger partial charge in [0, 0.05) is 42.9 Å². The average molecular weight is 364 g/mol. The summed E-state index contributed by atoms with van der Waals surface area (Å²) in [5.74, 6) is 1.07. The van der Waals surface area contributed by atoms with Crippen LogP contribution >= 0.6 is 11.6 Å². The van der Waals surface area contributed by atoms with E-state index in [1.165, 1.54) is 12.1 Å². The molecule has 0 aliphatic carbocycles. The highest BCUT2D eigenvalue weighted by molar-refractivity contribution is 7.89. The van der Waals surface area contributed by atoms with E-state index in [9.17, 15) is 8.42 Å². The lowest BCUT2D eigenvalue weighted by Crippen LogP contribution is -2.27. The molecule has 0 fully saturated rings. The van der Waals surface area contributed by atoms with Gasteiger partial charge in [0.2, 0.25) is 10.0 Å². The van der Waals surface area contributed by atoms with Gasteiger partial charge in [-0.1, -0.05) is 17.7 Å². The zero-order valence-corrected chi connectivity index (χ0v) is 14.1. The van der Waals surface area contributed by atoms with Crippen molar-refractivity contribution < 1.29 is 8.42 Å². The first-order valence-electron chi connectivity index (χ1n) is 7.10. The summed E-state index contributed by atoms with van der Waals surface area (Å²) in [6, 6.07) is 7.84. The first-order valence-corrected chi connectivity index (χ1v) is 8.96. The van der Waals surface area contributed by atoms with E-state index in [4.69, 9.17) is 11.6 Å². The van der Waals surface area contributed by atoms with E-state index in [0.29, 0.717) is 23.2 Å². The average Bonchev–Trinajstić information content (AvgIpc) is 3.04. The van der Waals surface area contributed by atoms with Crippen LogP contribution in [-0.4, -0.2) is 34.5 Å². The molecule has 0 saturated carbocycles. The predicted octanol–water partition coefficient (Wildman–Crippen LogP) is 1.97. The largest absolute Gasteiger partial charge is 0.327 e. The standard InChI is InChI=1S/C15H14ClN5O2S/c16-12-3-1-4-13(11-12)24(22,23)20-8-10-21-9-7-19-15(21)14-17-5-2-6-18-14/h1-7,9,11,20H,8,10H2. The van der Waals surface area contributed by atoms with Crippen molar-refractivity contribution in [2.24, 2.45) is 0 Å². The number of nitrogens with zero attached hydrogens (tertiary/aromatic N) is 4. The number of hydrogen-bond acceptors (Lipinski definition) is 5. The fourth-order valence-electron chi connectivity index (χ4n) is 2.13. The van der Waals surface area contributed by atoms with E-state index < -0.39 is 10.0 Å². The van der Waals surface area contributed by atoms with Crippen LogP contribution in [0.15, 0.2) is 60.0 Å². The van der Waals surface area contributed by atoms with Gasteiger partial charge in [0.05, 0.1) is 4.90 Å². The van der Waals surface area contributed by atoms with Gasteiger partial charge >= 0.3 is 0 Å². The van der Waals surface area contributed by atoms with Crippen molar-refractivity contribution in [3.63, 3.8) is 0 Å². The smallest absolute Gasteiger partial charge is 0.240 e. The van der Waals surface area contributed by atoms with Crippen LogP contribution in [0.5, 0.6) is 0 Å². The number of hydrogen-bond donors (Lipinski definition) is 1. The summed E-state index contributed by atoms with van der Waals surface area (Å²) in [5, 5.41) is 0.371. The van der Waals surface area contributed by atoms with Crippen LogP contribution in [0.2, 0.25) is 5.02 Å². The lowest BCUT2D eigenvalue weighted by atomic mass is 10.4. The summed E-state index contributed by atoms with van der Waals surface area (Å²) in [6.07, 6.45) is 6.63. The van der Waals surface area contributed by atoms with Crippen molar-refractivity contribution in [3.05, 3.63) is 60.1 Å². The maximum atomic E-state index is 12.2. The molecule has 7 nitrogen and oxygen atoms in total. The normalized spacial score (nSPS) is 11.5. The van der Waals surface area contributed by atoms with Crippen molar-refractivity contribution in [1.29, 1.82) is 0 Å². The Balaban J connectivity index is 1.69. The summed E-state index contributed by atoms with van der Waals surface area (Å²) in [7, 11) is -3.61. The van der Waals surface area contributed by atoms with Crippen molar-refractivity contribution in [2.45, 2.75) is 11.4 Å². The van der Waals surface area contributed by atoms with Crippen LogP contribution in [0.1, 0.15) is 0 Å². The molecule has 3 rings (SSSR count). The minimum atomic E-state index is -3.61. The molecule has 0 aliphatic rings. The Hall–Kier alpha value is -2.29. The molecule has 0 saturated heterocycles. The molecule has 2 aromatic heterocycles. The van der Waals surface area contributed by atoms with E-state index in [1.54, 1.807) is 47.6 Å². The first-order chi connectivity index (χ1) is 11.6. The van der Waals surface area contributed by atoms with Crippen LogP contribution in [0.25, 0.3) is 11.6 Å². The number of halogens is 1. The molecule has 3 aromatic rings. The molecular weight excluding hydrogens is 350 g/mol. The minimum absolute atomic E-state index is 0.132. The van der Waals surface area contributed by atoms with Gasteiger partial charge in [-0.3, -0.25) is 0 Å². The maximum absolute atomic E-state index is 12.2. The number of sulfonamides is 1. The molecule has 0 radical (unpaired) electrons. The molecule has 124 valence electrons. The fourth-order valence-corrected chi connectivity index (χ4v) is 3.45. The topological polar surface area (TPSA) is 89.8 Å². The molecule has 0 spiro atoms. The molecule has 2 heterocycles. The molecule has 0 unspecified atom stereocenters. The number of aromatic nitrogens is 4. The zero-order chi connectivity index (χ0) is 17.0. The number of rotatable bonds is 6. The van der Waals surface area contributed by atoms with Crippen LogP contribution in [0, 0.1) is 0 Å². The summed E-state index contributed by atoms with van der Waals surface area (Å²) in [4.78, 5) is 12.6. The van der Waals surface area contributed by atoms with Crippen LogP contribution in [0.3, 0.4) is 0 Å². The third kappa shape index (κ3) is 3.78. The predicted molar refractivity (Wildman–Crippen MR) is 89.9 cm³/mol. The number of nitrogens with one attached hydrogen (secondary N) is 1. The van der Waals surface area contributed by atoms with Crippen LogP contribution in [0.4, 0.5) is 0 Å². The molecule has 1 aromatic carbocycles. The van der Waals surface area contributed by atoms with Crippen molar-refractivity contribution in [1.82, 2.24) is 24.2 Å². The second kappa shape index (κ2) is 7.08. The maximum Gasteiger partial charge on any atom is 0.240 e. The molecule has 9 heteroatoms. The van der Waals surface area contributed by atoms with Gasteiger partial charge < -0.3 is 4.57 Å². The minimum Gasteiger partial charge on any atom is -0.327 e. The molecule has 0 atom stereocenters. The number of imidazole rings is 1. The van der Waals surface area contributed by atoms with Gasteiger partial charge in [-0.05, 0) is 24.3 Å². The van der Waals surface area contributed by atoms with Crippen molar-refractivity contribution in [2.75, 3.05) is 6.54 Å². The van der Waals surface area contributed by atoms with Crippen molar-refractivity contribution in [3.8, 4) is 11.6 Å². The molecule has 1 N–H and O–H groups in total. The van der Waals surface area contributed by atoms with Crippen LogP contribution in [-0.2, 0) is 16.6 Å². The lowest BCUT2D eigenvalue weighted by Gasteiger charge is -2.09. The summed E-state index contributed by atoms with van der Waals surface area (Å²) in [6.45, 7) is 0.596. The Labute approximate surface area is 144 Å². The molecule has 0 amide bonds. The van der Waals surface area contributed by atoms with E-state index in [-0.39, 0.29) is 11.4 Å². The summed E-state index contributed by atoms with van der Waals surface area (Å²) < 4.78 is 28.8. The second-order valence-corrected chi connectivity index (χ2v) is 7.08. The van der Waals surface area contributed by atoms with E-state index in [2.05, 4.69) is 19.7 Å². The van der Waals surface area contributed by atoms with Gasteiger partial charge in [-0.2, -0.15) is 0 Å². The highest BCUT2D eigenvalue weighted by atomic mass is 35.5. The van der Waals surface area contributed by atoms with Crippen LogP contribution < -0.4 is 4.72 Å². The Kier molecular flexibility index (Phi) is 4.89. The molecule has 24 heavy (non-hydrogen) atoms. The van der Waals surface area contributed by atoms with Gasteiger partial charge in [0.1, 0.15) is 0 Å². The Morgan fingerprint density at radius 1 is 1.08 bits per heavy atom. The lowest BCUT2D eigenvalue weighted by molar-refractivity contribution is 0.573. The molecule has 0 aliphatic heterocycles. The summed E-state index contributed by atoms with van der Waals surface area (Å²) >= 11 is 5.84. The fraction of sp³-hybridized carbons (Fsp3) is 0.133. The van der Waals surface area contributed by atoms with Crippen molar-refractivity contribution >= 4 is 21.6 Å². The molecule has 0 bridgehead atoms. The zero-order valence-electron chi connectivity index (χ0n) is 12.5. The Morgan fingerprint density at radius 2 is 1.88 bits per heavy atom. The quantitative estimate of drug-likeness (QED) is 0.723. The number of benzene rings is 1. The second-order valence-electron chi connectivity index (χ2n) is 4.87. The van der Waals surface area contributed by atoms with Gasteiger partial charge in [0.25, 0.3) is 0 Å². The molecular formula is C15H14ClN5O2S. The summed E-state index contributed by atoms with van der Waals surface area (Å²) in [5.41, 5.74) is 0. The van der Waals surface area contributed by atoms with E-state index in [0.717, 1.165) is 0 Å². The SMILES string of the molecule is O=S(=O)(NCCn1ccnc1-c1ncccn1)c1cccc(Cl)c1. The Morgan fingerprint density at radius 3 is 2.62 bits per heavy atom. The van der Waals surface area contributed by atoms with Gasteiger partial charge in [-0.25, -0.2) is 28.1 Å².